The lowest BCUT2D eigenvalue weighted by molar-refractivity contribution is -0.126. The molecule has 6 nitrogen and oxygen atoms in total. The Hall–Kier alpha value is -1.80. The molecule has 0 bridgehead atoms. The molecule has 168 valence electrons. The van der Waals surface area contributed by atoms with Crippen LogP contribution in [0.1, 0.15) is 30.9 Å². The zero-order valence-corrected chi connectivity index (χ0v) is 19.6. The van der Waals surface area contributed by atoms with Crippen LogP contribution in [0.3, 0.4) is 0 Å². The van der Waals surface area contributed by atoms with Crippen LogP contribution in [0.15, 0.2) is 42.5 Å². The van der Waals surface area contributed by atoms with E-state index in [1.807, 2.05) is 31.2 Å². The Balaban J connectivity index is 1.61. The quantitative estimate of drug-likeness (QED) is 0.607. The minimum absolute atomic E-state index is 0.152. The van der Waals surface area contributed by atoms with Gasteiger partial charge in [-0.1, -0.05) is 47.5 Å². The summed E-state index contributed by atoms with van der Waals surface area (Å²) in [6.07, 6.45) is 1.28. The number of halogens is 2. The third-order valence-electron chi connectivity index (χ3n) is 5.21. The molecule has 31 heavy (non-hydrogen) atoms. The highest BCUT2D eigenvalue weighted by atomic mass is 35.5. The number of ether oxygens (including phenoxy) is 1. The van der Waals surface area contributed by atoms with Crippen molar-refractivity contribution < 1.29 is 17.9 Å². The van der Waals surface area contributed by atoms with E-state index in [2.05, 4.69) is 5.32 Å². The number of carbonyl (C=O) groups excluding carboxylic acids is 1. The standard InChI is InChI=1S/C22H26Cl2N2O4S/c1-2-30-21-8-4-3-6-17(21)13-25-22(27)18-7-5-11-26(14-18)31(28,29)15-16-9-10-19(23)20(24)12-16/h3-4,6,8-10,12,18H,2,5,7,11,13-15H2,1H3,(H,25,27). The van der Waals surface area contributed by atoms with Crippen LogP contribution in [-0.4, -0.2) is 38.3 Å². The first-order valence-corrected chi connectivity index (χ1v) is 12.6. The third-order valence-corrected chi connectivity index (χ3v) is 7.76. The maximum Gasteiger partial charge on any atom is 0.224 e. The van der Waals surface area contributed by atoms with Gasteiger partial charge in [-0.2, -0.15) is 0 Å². The number of sulfonamides is 1. The summed E-state index contributed by atoms with van der Waals surface area (Å²) in [6, 6.07) is 12.3. The second kappa shape index (κ2) is 10.7. The molecule has 1 amide bonds. The van der Waals surface area contributed by atoms with Gasteiger partial charge in [0.25, 0.3) is 0 Å². The largest absolute Gasteiger partial charge is 0.494 e. The number of nitrogens with one attached hydrogen (secondary N) is 1. The lowest BCUT2D eigenvalue weighted by Crippen LogP contribution is -2.45. The molecule has 1 fully saturated rings. The molecule has 1 aliphatic heterocycles. The molecular weight excluding hydrogens is 459 g/mol. The van der Waals surface area contributed by atoms with E-state index in [1.165, 1.54) is 4.31 Å². The van der Waals surface area contributed by atoms with Gasteiger partial charge in [-0.3, -0.25) is 4.79 Å². The van der Waals surface area contributed by atoms with Crippen molar-refractivity contribution in [2.45, 2.75) is 32.1 Å². The summed E-state index contributed by atoms with van der Waals surface area (Å²) in [4.78, 5) is 12.7. The Bertz CT molecular complexity index is 1030. The predicted molar refractivity (Wildman–Crippen MR) is 123 cm³/mol. The number of nitrogens with zero attached hydrogens (tertiary/aromatic N) is 1. The van der Waals surface area contributed by atoms with Crippen molar-refractivity contribution in [2.24, 2.45) is 5.92 Å². The van der Waals surface area contributed by atoms with E-state index >= 15 is 0 Å². The fraction of sp³-hybridized carbons (Fsp3) is 0.409. The normalized spacial score (nSPS) is 17.3. The molecule has 0 aromatic heterocycles. The third kappa shape index (κ3) is 6.35. The topological polar surface area (TPSA) is 75.7 Å². The van der Waals surface area contributed by atoms with E-state index in [1.54, 1.807) is 18.2 Å². The Kier molecular flexibility index (Phi) is 8.22. The molecule has 0 saturated carbocycles. The molecule has 1 aliphatic rings. The summed E-state index contributed by atoms with van der Waals surface area (Å²) in [5.74, 6) is 0.0112. The molecule has 1 heterocycles. The van der Waals surface area contributed by atoms with E-state index in [9.17, 15) is 13.2 Å². The number of carbonyl (C=O) groups is 1. The second-order valence-corrected chi connectivity index (χ2v) is 10.2. The summed E-state index contributed by atoms with van der Waals surface area (Å²) in [6.45, 7) is 3.36. The summed E-state index contributed by atoms with van der Waals surface area (Å²) >= 11 is 11.9. The van der Waals surface area contributed by atoms with Gasteiger partial charge in [0.15, 0.2) is 0 Å². The van der Waals surface area contributed by atoms with E-state index in [4.69, 9.17) is 27.9 Å². The van der Waals surface area contributed by atoms with E-state index in [0.717, 1.165) is 11.3 Å². The SMILES string of the molecule is CCOc1ccccc1CNC(=O)C1CCCN(S(=O)(=O)Cc2ccc(Cl)c(Cl)c2)C1. The van der Waals surface area contributed by atoms with Gasteiger partial charge in [0.1, 0.15) is 5.75 Å². The first kappa shape index (κ1) is 23.9. The number of benzene rings is 2. The Morgan fingerprint density at radius 1 is 1.19 bits per heavy atom. The van der Waals surface area contributed by atoms with Gasteiger partial charge >= 0.3 is 0 Å². The van der Waals surface area contributed by atoms with Gasteiger partial charge in [0.05, 0.1) is 28.3 Å². The summed E-state index contributed by atoms with van der Waals surface area (Å²) in [5.41, 5.74) is 1.45. The van der Waals surface area contributed by atoms with Gasteiger partial charge in [0, 0.05) is 25.2 Å². The van der Waals surface area contributed by atoms with Crippen LogP contribution >= 0.6 is 23.2 Å². The van der Waals surface area contributed by atoms with Gasteiger partial charge in [0.2, 0.25) is 15.9 Å². The highest BCUT2D eigenvalue weighted by Gasteiger charge is 2.32. The Labute approximate surface area is 193 Å². The van der Waals surface area contributed by atoms with E-state index < -0.39 is 15.9 Å². The molecule has 1 saturated heterocycles. The second-order valence-electron chi connectivity index (χ2n) is 7.46. The van der Waals surface area contributed by atoms with Crippen LogP contribution in [0.25, 0.3) is 0 Å². The lowest BCUT2D eigenvalue weighted by atomic mass is 9.98. The minimum Gasteiger partial charge on any atom is -0.494 e. The highest BCUT2D eigenvalue weighted by Crippen LogP contribution is 2.26. The first-order chi connectivity index (χ1) is 14.8. The van der Waals surface area contributed by atoms with Crippen LogP contribution in [0.4, 0.5) is 0 Å². The maximum absolute atomic E-state index is 12.9. The summed E-state index contributed by atoms with van der Waals surface area (Å²) < 4.78 is 32.8. The van der Waals surface area contributed by atoms with E-state index in [0.29, 0.717) is 48.1 Å². The number of para-hydroxylation sites is 1. The number of hydrogen-bond donors (Lipinski definition) is 1. The summed E-state index contributed by atoms with van der Waals surface area (Å²) in [7, 11) is -3.58. The van der Waals surface area contributed by atoms with Gasteiger partial charge in [-0.15, -0.1) is 0 Å². The van der Waals surface area contributed by atoms with E-state index in [-0.39, 0.29) is 18.2 Å². The zero-order chi connectivity index (χ0) is 22.4. The average molecular weight is 485 g/mol. The van der Waals surface area contributed by atoms with Crippen LogP contribution in [-0.2, 0) is 27.1 Å². The van der Waals surface area contributed by atoms with Crippen molar-refractivity contribution in [3.8, 4) is 5.75 Å². The van der Waals surface area contributed by atoms with Crippen LogP contribution in [0, 0.1) is 5.92 Å². The highest BCUT2D eigenvalue weighted by molar-refractivity contribution is 7.88. The molecular formula is C22H26Cl2N2O4S. The predicted octanol–water partition coefficient (Wildman–Crippen LogP) is 4.25. The van der Waals surface area contributed by atoms with Crippen molar-refractivity contribution in [3.63, 3.8) is 0 Å². The molecule has 2 aromatic rings. The van der Waals surface area contributed by atoms with Crippen molar-refractivity contribution in [3.05, 3.63) is 63.6 Å². The van der Waals surface area contributed by atoms with Gasteiger partial charge in [-0.25, -0.2) is 12.7 Å². The number of amides is 1. The van der Waals surface area contributed by atoms with Crippen LogP contribution in [0.2, 0.25) is 10.0 Å². The number of rotatable bonds is 8. The molecule has 2 aromatic carbocycles. The zero-order valence-electron chi connectivity index (χ0n) is 17.3. The number of piperidine rings is 1. The molecule has 9 heteroatoms. The minimum atomic E-state index is -3.58. The lowest BCUT2D eigenvalue weighted by Gasteiger charge is -2.31. The molecule has 1 atom stereocenters. The Morgan fingerprint density at radius 3 is 2.71 bits per heavy atom. The van der Waals surface area contributed by atoms with Crippen molar-refractivity contribution in [2.75, 3.05) is 19.7 Å². The Morgan fingerprint density at radius 2 is 1.97 bits per heavy atom. The molecule has 1 unspecified atom stereocenters. The summed E-state index contributed by atoms with van der Waals surface area (Å²) in [5, 5.41) is 3.63. The first-order valence-electron chi connectivity index (χ1n) is 10.2. The molecule has 3 rings (SSSR count). The maximum atomic E-state index is 12.9. The van der Waals surface area contributed by atoms with Crippen molar-refractivity contribution >= 4 is 39.1 Å². The van der Waals surface area contributed by atoms with Crippen LogP contribution < -0.4 is 10.1 Å². The van der Waals surface area contributed by atoms with Crippen molar-refractivity contribution in [1.29, 1.82) is 0 Å². The molecule has 0 radical (unpaired) electrons. The van der Waals surface area contributed by atoms with Crippen molar-refractivity contribution in [1.82, 2.24) is 9.62 Å². The van der Waals surface area contributed by atoms with Crippen LogP contribution in [0.5, 0.6) is 5.75 Å². The fourth-order valence-electron chi connectivity index (χ4n) is 3.61. The number of hydrogen-bond acceptors (Lipinski definition) is 4. The molecule has 0 aliphatic carbocycles. The molecule has 1 N–H and O–H groups in total. The average Bonchev–Trinajstić information content (AvgIpc) is 2.75. The van der Waals surface area contributed by atoms with Gasteiger partial charge < -0.3 is 10.1 Å². The fourth-order valence-corrected chi connectivity index (χ4v) is 5.53. The monoisotopic (exact) mass is 484 g/mol. The smallest absolute Gasteiger partial charge is 0.224 e. The molecule has 0 spiro atoms. The van der Waals surface area contributed by atoms with Gasteiger partial charge in [-0.05, 0) is 43.5 Å².